The summed E-state index contributed by atoms with van der Waals surface area (Å²) in [6.07, 6.45) is 0.933. The zero-order chi connectivity index (χ0) is 18.3. The number of aryl methyl sites for hydroxylation is 1. The van der Waals surface area contributed by atoms with E-state index in [4.69, 9.17) is 16.3 Å². The number of amides is 1. The number of nitrogens with zero attached hydrogens (tertiary/aromatic N) is 6. The highest BCUT2D eigenvalue weighted by molar-refractivity contribution is 6.21. The number of anilines is 1. The monoisotopic (exact) mass is 374 g/mol. The van der Waals surface area contributed by atoms with Gasteiger partial charge in [0.15, 0.2) is 5.56 Å². The molecule has 3 aromatic rings. The Balaban J connectivity index is 1.61. The largest absolute Gasteiger partial charge is 0.427 e. The van der Waals surface area contributed by atoms with Gasteiger partial charge in [-0.15, -0.1) is 10.2 Å². The minimum Gasteiger partial charge on any atom is -0.427 e. The molecule has 8 nitrogen and oxygen atoms in total. The fourth-order valence-corrected chi connectivity index (χ4v) is 2.83. The van der Waals surface area contributed by atoms with Crippen LogP contribution in [0.5, 0.6) is 0 Å². The Morgan fingerprint density at radius 3 is 2.73 bits per heavy atom. The summed E-state index contributed by atoms with van der Waals surface area (Å²) in [7, 11) is 1.66. The molecule has 0 bridgehead atoms. The average Bonchev–Trinajstić information content (AvgIpc) is 3.20. The van der Waals surface area contributed by atoms with Crippen LogP contribution in [0.2, 0.25) is 0 Å². The van der Waals surface area contributed by atoms with Gasteiger partial charge in [0, 0.05) is 17.3 Å². The summed E-state index contributed by atoms with van der Waals surface area (Å²) in [4.78, 5) is 18.6. The normalized spacial score (nSPS) is 16.8. The van der Waals surface area contributed by atoms with Crippen LogP contribution < -0.4 is 4.90 Å². The maximum absolute atomic E-state index is 14.6. The highest BCUT2D eigenvalue weighted by Crippen LogP contribution is 2.29. The third kappa shape index (κ3) is 2.97. The first-order valence-corrected chi connectivity index (χ1v) is 8.07. The Bertz CT molecular complexity index is 977. The summed E-state index contributed by atoms with van der Waals surface area (Å²) < 4.78 is 19.4. The standard InChI is InChI=1S/C16H12ClFN6O2/c1-23-21-15(20-22-23)13-5-2-9(7-19-13)11-4-3-10(6-12(11)18)24-8-14(17)26-16(24)25/h2-7,14H,8H2,1H3. The molecule has 0 aliphatic carbocycles. The number of cyclic esters (lactones) is 1. The molecular weight excluding hydrogens is 363 g/mol. The molecule has 26 heavy (non-hydrogen) atoms. The van der Waals surface area contributed by atoms with Crippen LogP contribution in [0.1, 0.15) is 0 Å². The van der Waals surface area contributed by atoms with Crippen molar-refractivity contribution < 1.29 is 13.9 Å². The summed E-state index contributed by atoms with van der Waals surface area (Å²) in [6.45, 7) is 0.167. The van der Waals surface area contributed by atoms with Crippen molar-refractivity contribution in [3.63, 3.8) is 0 Å². The van der Waals surface area contributed by atoms with Gasteiger partial charge in [0.2, 0.25) is 5.82 Å². The van der Waals surface area contributed by atoms with Gasteiger partial charge in [0.05, 0.1) is 19.3 Å². The number of alkyl halides is 1. The van der Waals surface area contributed by atoms with Crippen molar-refractivity contribution in [1.29, 1.82) is 0 Å². The van der Waals surface area contributed by atoms with E-state index in [2.05, 4.69) is 20.4 Å². The van der Waals surface area contributed by atoms with Gasteiger partial charge in [-0.25, -0.2) is 9.18 Å². The van der Waals surface area contributed by atoms with Crippen LogP contribution >= 0.6 is 11.6 Å². The molecule has 1 unspecified atom stereocenters. The predicted molar refractivity (Wildman–Crippen MR) is 90.9 cm³/mol. The maximum Gasteiger partial charge on any atom is 0.416 e. The molecule has 3 heterocycles. The van der Waals surface area contributed by atoms with Crippen molar-refractivity contribution in [3.05, 3.63) is 42.3 Å². The number of hydrogen-bond donors (Lipinski definition) is 0. The smallest absolute Gasteiger partial charge is 0.416 e. The molecular formula is C16H12ClFN6O2. The minimum atomic E-state index is -0.739. The SMILES string of the molecule is Cn1nnc(-c2ccc(-c3ccc(N4CC(Cl)OC4=O)cc3F)cn2)n1. The molecule has 1 saturated heterocycles. The summed E-state index contributed by atoms with van der Waals surface area (Å²) in [5.74, 6) is -0.0986. The Labute approximate surface area is 152 Å². The summed E-state index contributed by atoms with van der Waals surface area (Å²) in [5, 5.41) is 11.7. The molecule has 0 radical (unpaired) electrons. The van der Waals surface area contributed by atoms with E-state index in [0.29, 0.717) is 28.3 Å². The lowest BCUT2D eigenvalue weighted by molar-refractivity contribution is 0.170. The first-order chi connectivity index (χ1) is 12.5. The third-order valence-electron chi connectivity index (χ3n) is 3.85. The van der Waals surface area contributed by atoms with Gasteiger partial charge in [0.1, 0.15) is 11.5 Å². The van der Waals surface area contributed by atoms with E-state index < -0.39 is 17.5 Å². The Morgan fingerprint density at radius 1 is 1.31 bits per heavy atom. The van der Waals surface area contributed by atoms with Gasteiger partial charge in [-0.2, -0.15) is 4.80 Å². The first-order valence-electron chi connectivity index (χ1n) is 7.64. The molecule has 1 atom stereocenters. The van der Waals surface area contributed by atoms with Crippen LogP contribution in [0.15, 0.2) is 36.5 Å². The number of pyridine rings is 1. The number of carbonyl (C=O) groups is 1. The van der Waals surface area contributed by atoms with Crippen molar-refractivity contribution in [1.82, 2.24) is 25.2 Å². The molecule has 0 N–H and O–H groups in total. The second-order valence-corrected chi connectivity index (χ2v) is 6.09. The summed E-state index contributed by atoms with van der Waals surface area (Å²) >= 11 is 5.78. The average molecular weight is 375 g/mol. The van der Waals surface area contributed by atoms with Crippen LogP contribution in [0, 0.1) is 5.82 Å². The van der Waals surface area contributed by atoms with Gasteiger partial charge in [-0.3, -0.25) is 9.88 Å². The number of ether oxygens (including phenoxy) is 1. The van der Waals surface area contributed by atoms with Crippen LogP contribution in [0.3, 0.4) is 0 Å². The lowest BCUT2D eigenvalue weighted by Gasteiger charge is -2.14. The highest BCUT2D eigenvalue weighted by Gasteiger charge is 2.31. The molecule has 1 aliphatic rings. The van der Waals surface area contributed by atoms with Gasteiger partial charge in [-0.05, 0) is 29.5 Å². The minimum absolute atomic E-state index is 0.167. The molecule has 2 aromatic heterocycles. The van der Waals surface area contributed by atoms with Gasteiger partial charge in [0.25, 0.3) is 0 Å². The Kier molecular flexibility index (Phi) is 4.00. The lowest BCUT2D eigenvalue weighted by Crippen LogP contribution is -2.23. The quantitative estimate of drug-likeness (QED) is 0.655. The van der Waals surface area contributed by atoms with Crippen LogP contribution in [-0.4, -0.2) is 43.4 Å². The van der Waals surface area contributed by atoms with Crippen molar-refractivity contribution in [3.8, 4) is 22.6 Å². The third-order valence-corrected chi connectivity index (χ3v) is 4.08. The number of halogens is 2. The van der Waals surface area contributed by atoms with Crippen molar-refractivity contribution in [2.24, 2.45) is 7.05 Å². The zero-order valence-electron chi connectivity index (χ0n) is 13.5. The number of carbonyl (C=O) groups excluding carboxylic acids is 1. The van der Waals surface area contributed by atoms with Crippen molar-refractivity contribution >= 4 is 23.4 Å². The van der Waals surface area contributed by atoms with E-state index in [1.807, 2.05) is 0 Å². The molecule has 1 aromatic carbocycles. The van der Waals surface area contributed by atoms with Crippen LogP contribution in [0.25, 0.3) is 22.6 Å². The van der Waals surface area contributed by atoms with E-state index in [1.54, 1.807) is 31.3 Å². The molecule has 132 valence electrons. The van der Waals surface area contributed by atoms with Crippen LogP contribution in [-0.2, 0) is 11.8 Å². The van der Waals surface area contributed by atoms with E-state index in [9.17, 15) is 9.18 Å². The molecule has 1 fully saturated rings. The van der Waals surface area contributed by atoms with Crippen molar-refractivity contribution in [2.75, 3.05) is 11.4 Å². The fraction of sp³-hybridized carbons (Fsp3) is 0.188. The Hall–Kier alpha value is -3.07. The van der Waals surface area contributed by atoms with Gasteiger partial charge < -0.3 is 4.74 Å². The molecule has 1 amide bonds. The Morgan fingerprint density at radius 2 is 2.15 bits per heavy atom. The summed E-state index contributed by atoms with van der Waals surface area (Å²) in [6, 6.07) is 7.89. The second kappa shape index (κ2) is 6.34. The molecule has 0 spiro atoms. The molecule has 1 aliphatic heterocycles. The predicted octanol–water partition coefficient (Wildman–Crippen LogP) is 2.60. The summed E-state index contributed by atoms with van der Waals surface area (Å²) in [5.41, 5.74) is 1.12. The second-order valence-electron chi connectivity index (χ2n) is 5.60. The van der Waals surface area contributed by atoms with E-state index >= 15 is 0 Å². The number of tetrazole rings is 1. The van der Waals surface area contributed by atoms with E-state index in [1.165, 1.54) is 22.0 Å². The molecule has 10 heteroatoms. The number of aromatic nitrogens is 5. The zero-order valence-corrected chi connectivity index (χ0v) is 14.3. The van der Waals surface area contributed by atoms with Gasteiger partial charge in [-0.1, -0.05) is 17.7 Å². The number of hydrogen-bond acceptors (Lipinski definition) is 6. The van der Waals surface area contributed by atoms with Crippen molar-refractivity contribution in [2.45, 2.75) is 5.56 Å². The fourth-order valence-electron chi connectivity index (χ4n) is 2.62. The first kappa shape index (κ1) is 16.4. The lowest BCUT2D eigenvalue weighted by atomic mass is 10.1. The highest BCUT2D eigenvalue weighted by atomic mass is 35.5. The van der Waals surface area contributed by atoms with Crippen LogP contribution in [0.4, 0.5) is 14.9 Å². The molecule has 0 saturated carbocycles. The van der Waals surface area contributed by atoms with E-state index in [0.717, 1.165) is 0 Å². The number of benzene rings is 1. The maximum atomic E-state index is 14.6. The molecule has 4 rings (SSSR count). The topological polar surface area (TPSA) is 86.0 Å². The van der Waals surface area contributed by atoms with E-state index in [-0.39, 0.29) is 6.54 Å². The number of rotatable bonds is 3. The van der Waals surface area contributed by atoms with Gasteiger partial charge >= 0.3 is 6.09 Å².